The van der Waals surface area contributed by atoms with E-state index in [2.05, 4.69) is 16.8 Å². The van der Waals surface area contributed by atoms with Crippen molar-refractivity contribution in [1.82, 2.24) is 14.8 Å². The molecule has 0 saturated carbocycles. The van der Waals surface area contributed by atoms with Gasteiger partial charge < -0.3 is 9.64 Å². The number of fused-ring (bicyclic) bond motifs is 1. The minimum Gasteiger partial charge on any atom is -0.385 e. The number of ether oxygens (including phenoxy) is 1. The van der Waals surface area contributed by atoms with Gasteiger partial charge >= 0.3 is 0 Å². The summed E-state index contributed by atoms with van der Waals surface area (Å²) in [5, 5.41) is 0.856. The number of piperidine rings is 1. The summed E-state index contributed by atoms with van der Waals surface area (Å²) in [6.45, 7) is 4.94. The Morgan fingerprint density at radius 2 is 2.04 bits per heavy atom. The van der Waals surface area contributed by atoms with Crippen LogP contribution < -0.4 is 0 Å². The van der Waals surface area contributed by atoms with Gasteiger partial charge in [0.25, 0.3) is 0 Å². The fourth-order valence-electron chi connectivity index (χ4n) is 3.60. The SMILES string of the molecule is COCCCN(Cc1ccc2cc(F)ccc2n1)C1CCN(C)CC1. The van der Waals surface area contributed by atoms with Crippen molar-refractivity contribution in [3.05, 3.63) is 41.8 Å². The van der Waals surface area contributed by atoms with Crippen molar-refractivity contribution in [3.63, 3.8) is 0 Å². The van der Waals surface area contributed by atoms with Gasteiger partial charge in [0, 0.05) is 38.2 Å². The third-order valence-electron chi connectivity index (χ3n) is 5.07. The molecule has 0 atom stereocenters. The molecule has 2 heterocycles. The molecule has 2 aromatic rings. The predicted octanol–water partition coefficient (Wildman–Crippen LogP) is 3.31. The Labute approximate surface area is 149 Å². The first-order valence-electron chi connectivity index (χ1n) is 9.12. The number of pyridine rings is 1. The molecule has 5 heteroatoms. The minimum absolute atomic E-state index is 0.213. The lowest BCUT2D eigenvalue weighted by Crippen LogP contribution is -2.44. The largest absolute Gasteiger partial charge is 0.385 e. The van der Waals surface area contributed by atoms with Crippen molar-refractivity contribution in [3.8, 4) is 0 Å². The topological polar surface area (TPSA) is 28.6 Å². The molecule has 1 saturated heterocycles. The first kappa shape index (κ1) is 18.2. The molecule has 0 bridgehead atoms. The third kappa shape index (κ3) is 4.97. The van der Waals surface area contributed by atoms with Crippen LogP contribution in [0.1, 0.15) is 25.0 Å². The number of likely N-dealkylation sites (tertiary alicyclic amines) is 1. The van der Waals surface area contributed by atoms with Gasteiger partial charge in [-0.2, -0.15) is 0 Å². The molecule has 0 radical (unpaired) electrons. The summed E-state index contributed by atoms with van der Waals surface area (Å²) >= 11 is 0. The van der Waals surface area contributed by atoms with Gasteiger partial charge in [-0.05, 0) is 63.7 Å². The second-order valence-electron chi connectivity index (χ2n) is 6.99. The molecule has 25 heavy (non-hydrogen) atoms. The summed E-state index contributed by atoms with van der Waals surface area (Å²) in [6, 6.07) is 9.38. The average molecular weight is 345 g/mol. The van der Waals surface area contributed by atoms with Crippen LogP contribution in [-0.4, -0.2) is 61.2 Å². The van der Waals surface area contributed by atoms with E-state index in [1.165, 1.54) is 18.9 Å². The second kappa shape index (κ2) is 8.70. The van der Waals surface area contributed by atoms with Crippen LogP contribution in [0.3, 0.4) is 0 Å². The lowest BCUT2D eigenvalue weighted by Gasteiger charge is -2.37. The zero-order valence-electron chi connectivity index (χ0n) is 15.2. The Morgan fingerprint density at radius 1 is 1.24 bits per heavy atom. The third-order valence-corrected chi connectivity index (χ3v) is 5.07. The van der Waals surface area contributed by atoms with Gasteiger partial charge in [-0.25, -0.2) is 4.39 Å². The van der Waals surface area contributed by atoms with E-state index < -0.39 is 0 Å². The summed E-state index contributed by atoms with van der Waals surface area (Å²) in [4.78, 5) is 9.68. The predicted molar refractivity (Wildman–Crippen MR) is 99.1 cm³/mol. The normalized spacial score (nSPS) is 16.8. The Kier molecular flexibility index (Phi) is 6.34. The van der Waals surface area contributed by atoms with Gasteiger partial charge in [0.2, 0.25) is 0 Å². The quantitative estimate of drug-likeness (QED) is 0.720. The van der Waals surface area contributed by atoms with Gasteiger partial charge in [0.1, 0.15) is 5.82 Å². The van der Waals surface area contributed by atoms with Crippen LogP contribution >= 0.6 is 0 Å². The number of hydrogen-bond donors (Lipinski definition) is 0. The fourth-order valence-corrected chi connectivity index (χ4v) is 3.60. The molecule has 0 amide bonds. The molecule has 0 spiro atoms. The zero-order valence-corrected chi connectivity index (χ0v) is 15.2. The van der Waals surface area contributed by atoms with Gasteiger partial charge in [-0.15, -0.1) is 0 Å². The van der Waals surface area contributed by atoms with E-state index in [4.69, 9.17) is 9.72 Å². The van der Waals surface area contributed by atoms with Crippen molar-refractivity contribution in [2.75, 3.05) is 40.4 Å². The molecule has 1 aromatic heterocycles. The van der Waals surface area contributed by atoms with E-state index in [1.807, 2.05) is 12.1 Å². The van der Waals surface area contributed by atoms with Gasteiger partial charge in [-0.3, -0.25) is 9.88 Å². The smallest absolute Gasteiger partial charge is 0.123 e. The van der Waals surface area contributed by atoms with E-state index in [0.29, 0.717) is 6.04 Å². The maximum atomic E-state index is 13.3. The number of nitrogens with zero attached hydrogens (tertiary/aromatic N) is 3. The molecule has 1 fully saturated rings. The summed E-state index contributed by atoms with van der Waals surface area (Å²) in [6.07, 6.45) is 3.42. The molecule has 136 valence electrons. The Hall–Kier alpha value is -1.56. The van der Waals surface area contributed by atoms with Gasteiger partial charge in [0.15, 0.2) is 0 Å². The molecule has 1 aromatic carbocycles. The summed E-state index contributed by atoms with van der Waals surface area (Å²) in [5.41, 5.74) is 1.91. The Bertz CT molecular complexity index is 686. The monoisotopic (exact) mass is 345 g/mol. The highest BCUT2D eigenvalue weighted by Gasteiger charge is 2.23. The molecule has 1 aliphatic rings. The highest BCUT2D eigenvalue weighted by atomic mass is 19.1. The summed E-state index contributed by atoms with van der Waals surface area (Å²) in [7, 11) is 3.94. The van der Waals surface area contributed by atoms with Crippen molar-refractivity contribution >= 4 is 10.9 Å². The van der Waals surface area contributed by atoms with Crippen LogP contribution in [-0.2, 0) is 11.3 Å². The fraction of sp³-hybridized carbons (Fsp3) is 0.550. The molecule has 1 aliphatic heterocycles. The van der Waals surface area contributed by atoms with Crippen LogP contribution in [0.4, 0.5) is 4.39 Å². The van der Waals surface area contributed by atoms with Crippen molar-refractivity contribution in [2.24, 2.45) is 0 Å². The van der Waals surface area contributed by atoms with E-state index >= 15 is 0 Å². The van der Waals surface area contributed by atoms with E-state index in [-0.39, 0.29) is 5.82 Å². The number of benzene rings is 1. The lowest BCUT2D eigenvalue weighted by molar-refractivity contribution is 0.0990. The number of hydrogen-bond acceptors (Lipinski definition) is 4. The number of methoxy groups -OCH3 is 1. The maximum Gasteiger partial charge on any atom is 0.123 e. The first-order valence-corrected chi connectivity index (χ1v) is 9.12. The van der Waals surface area contributed by atoms with Crippen molar-refractivity contribution in [2.45, 2.75) is 31.8 Å². The molecule has 0 unspecified atom stereocenters. The van der Waals surface area contributed by atoms with E-state index in [0.717, 1.165) is 55.8 Å². The Balaban J connectivity index is 1.73. The Morgan fingerprint density at radius 3 is 2.80 bits per heavy atom. The number of aromatic nitrogens is 1. The van der Waals surface area contributed by atoms with Gasteiger partial charge in [-0.1, -0.05) is 6.07 Å². The standard InChI is InChI=1S/C20H28FN3O/c1-23-11-8-19(9-12-23)24(10-3-13-25-2)15-18-6-4-16-14-17(21)5-7-20(16)22-18/h4-7,14,19H,3,8-13,15H2,1-2H3. The average Bonchev–Trinajstić information content (AvgIpc) is 2.62. The molecular weight excluding hydrogens is 317 g/mol. The molecule has 0 aliphatic carbocycles. The van der Waals surface area contributed by atoms with Crippen LogP contribution in [0.25, 0.3) is 10.9 Å². The number of rotatable bonds is 7. The summed E-state index contributed by atoms with van der Waals surface area (Å²) < 4.78 is 18.6. The first-order chi connectivity index (χ1) is 12.2. The highest BCUT2D eigenvalue weighted by Crippen LogP contribution is 2.20. The van der Waals surface area contributed by atoms with Crippen molar-refractivity contribution < 1.29 is 9.13 Å². The molecule has 4 nitrogen and oxygen atoms in total. The molecule has 0 N–H and O–H groups in total. The molecular formula is C20H28FN3O. The second-order valence-corrected chi connectivity index (χ2v) is 6.99. The van der Waals surface area contributed by atoms with Crippen LogP contribution in [0, 0.1) is 5.82 Å². The minimum atomic E-state index is -0.213. The molecule has 3 rings (SSSR count). The van der Waals surface area contributed by atoms with E-state index in [1.54, 1.807) is 19.2 Å². The van der Waals surface area contributed by atoms with E-state index in [9.17, 15) is 4.39 Å². The number of halogens is 1. The lowest BCUT2D eigenvalue weighted by atomic mass is 10.0. The van der Waals surface area contributed by atoms with Crippen LogP contribution in [0.2, 0.25) is 0 Å². The highest BCUT2D eigenvalue weighted by molar-refractivity contribution is 5.78. The van der Waals surface area contributed by atoms with Gasteiger partial charge in [0.05, 0.1) is 11.2 Å². The van der Waals surface area contributed by atoms with Crippen molar-refractivity contribution in [1.29, 1.82) is 0 Å². The zero-order chi connectivity index (χ0) is 17.6. The summed E-state index contributed by atoms with van der Waals surface area (Å²) in [5.74, 6) is -0.213. The maximum absolute atomic E-state index is 13.3. The van der Waals surface area contributed by atoms with Crippen LogP contribution in [0.5, 0.6) is 0 Å². The van der Waals surface area contributed by atoms with Crippen LogP contribution in [0.15, 0.2) is 30.3 Å².